The van der Waals surface area contributed by atoms with Gasteiger partial charge in [0.1, 0.15) is 12.4 Å². The standard InChI is InChI=1S/C21H30N4O2/c1-3-20(26)22-13-8-12-19-23-17-10-4-5-11-18(17)25(19)15-21(27)24-14-7-6-9-16(24)2/h4-5,10-11,16H,3,6-9,12-15H2,1-2H3,(H,22,26). The smallest absolute Gasteiger partial charge is 0.242 e. The van der Waals surface area contributed by atoms with Crippen LogP contribution in [0.5, 0.6) is 0 Å². The van der Waals surface area contributed by atoms with E-state index in [1.807, 2.05) is 36.1 Å². The number of nitrogens with zero attached hydrogens (tertiary/aromatic N) is 3. The molecule has 3 rings (SSSR count). The van der Waals surface area contributed by atoms with Crippen molar-refractivity contribution in [2.45, 2.75) is 65.0 Å². The van der Waals surface area contributed by atoms with Crippen LogP contribution in [0.2, 0.25) is 0 Å². The highest BCUT2D eigenvalue weighted by Crippen LogP contribution is 2.20. The molecule has 0 spiro atoms. The van der Waals surface area contributed by atoms with Gasteiger partial charge in [0.05, 0.1) is 11.0 Å². The third-order valence-electron chi connectivity index (χ3n) is 5.37. The number of nitrogens with one attached hydrogen (secondary N) is 1. The summed E-state index contributed by atoms with van der Waals surface area (Å²) in [5, 5.41) is 2.90. The number of aryl methyl sites for hydroxylation is 1. The largest absolute Gasteiger partial charge is 0.356 e. The second-order valence-electron chi connectivity index (χ2n) is 7.34. The molecule has 2 amide bonds. The summed E-state index contributed by atoms with van der Waals surface area (Å²) < 4.78 is 2.06. The summed E-state index contributed by atoms with van der Waals surface area (Å²) in [5.41, 5.74) is 1.92. The van der Waals surface area contributed by atoms with Crippen molar-refractivity contribution in [3.05, 3.63) is 30.1 Å². The molecule has 0 radical (unpaired) electrons. The minimum absolute atomic E-state index is 0.0674. The fourth-order valence-corrected chi connectivity index (χ4v) is 3.79. The van der Waals surface area contributed by atoms with Crippen LogP contribution in [0.15, 0.2) is 24.3 Å². The van der Waals surface area contributed by atoms with Crippen molar-refractivity contribution >= 4 is 22.8 Å². The van der Waals surface area contributed by atoms with E-state index in [0.717, 1.165) is 49.1 Å². The van der Waals surface area contributed by atoms with Crippen molar-refractivity contribution < 1.29 is 9.59 Å². The van der Waals surface area contributed by atoms with Gasteiger partial charge in [0.25, 0.3) is 0 Å². The molecular weight excluding hydrogens is 340 g/mol. The number of rotatable bonds is 7. The first-order valence-electron chi connectivity index (χ1n) is 10.1. The Hall–Kier alpha value is -2.37. The Morgan fingerprint density at radius 3 is 2.85 bits per heavy atom. The Kier molecular flexibility index (Phi) is 6.48. The molecule has 0 aliphatic carbocycles. The molecule has 1 aliphatic heterocycles. The number of hydrogen-bond donors (Lipinski definition) is 1. The van der Waals surface area contributed by atoms with Crippen molar-refractivity contribution in [3.63, 3.8) is 0 Å². The Bertz CT molecular complexity index is 799. The van der Waals surface area contributed by atoms with Crippen molar-refractivity contribution in [2.24, 2.45) is 0 Å². The third kappa shape index (κ3) is 4.67. The number of carbonyl (C=O) groups is 2. The number of para-hydroxylation sites is 2. The number of hydrogen-bond acceptors (Lipinski definition) is 3. The van der Waals surface area contributed by atoms with Crippen molar-refractivity contribution in [1.29, 1.82) is 0 Å². The van der Waals surface area contributed by atoms with Crippen molar-refractivity contribution in [1.82, 2.24) is 19.8 Å². The molecule has 6 heteroatoms. The topological polar surface area (TPSA) is 67.2 Å². The van der Waals surface area contributed by atoms with Crippen molar-refractivity contribution in [3.8, 4) is 0 Å². The number of carbonyl (C=O) groups excluding carboxylic acids is 2. The molecule has 146 valence electrons. The van der Waals surface area contributed by atoms with Gasteiger partial charge < -0.3 is 14.8 Å². The van der Waals surface area contributed by atoms with Gasteiger partial charge >= 0.3 is 0 Å². The molecule has 2 heterocycles. The van der Waals surface area contributed by atoms with Gasteiger partial charge in [-0.15, -0.1) is 0 Å². The van der Waals surface area contributed by atoms with E-state index in [9.17, 15) is 9.59 Å². The van der Waals surface area contributed by atoms with E-state index >= 15 is 0 Å². The zero-order valence-electron chi connectivity index (χ0n) is 16.4. The van der Waals surface area contributed by atoms with E-state index in [4.69, 9.17) is 4.98 Å². The van der Waals surface area contributed by atoms with E-state index in [-0.39, 0.29) is 11.8 Å². The lowest BCUT2D eigenvalue weighted by Gasteiger charge is -2.33. The van der Waals surface area contributed by atoms with Crippen LogP contribution in [-0.2, 0) is 22.6 Å². The molecule has 1 unspecified atom stereocenters. The van der Waals surface area contributed by atoms with E-state index in [0.29, 0.717) is 25.6 Å². The zero-order valence-corrected chi connectivity index (χ0v) is 16.4. The van der Waals surface area contributed by atoms with Gasteiger partial charge in [-0.1, -0.05) is 19.1 Å². The number of likely N-dealkylation sites (tertiary alicyclic amines) is 1. The Labute approximate surface area is 160 Å². The summed E-state index contributed by atoms with van der Waals surface area (Å²) in [5.74, 6) is 1.16. The predicted molar refractivity (Wildman–Crippen MR) is 106 cm³/mol. The molecule has 0 saturated carbocycles. The molecule has 2 aromatic rings. The first-order valence-corrected chi connectivity index (χ1v) is 10.1. The lowest BCUT2D eigenvalue weighted by molar-refractivity contribution is -0.135. The number of piperidine rings is 1. The van der Waals surface area contributed by atoms with E-state index in [2.05, 4.69) is 16.8 Å². The third-order valence-corrected chi connectivity index (χ3v) is 5.37. The lowest BCUT2D eigenvalue weighted by atomic mass is 10.0. The average Bonchev–Trinajstić information content (AvgIpc) is 3.02. The summed E-state index contributed by atoms with van der Waals surface area (Å²) in [6, 6.07) is 8.28. The zero-order chi connectivity index (χ0) is 19.2. The molecule has 0 bridgehead atoms. The minimum atomic E-state index is 0.0674. The molecule has 1 fully saturated rings. The van der Waals surface area contributed by atoms with Crippen LogP contribution in [-0.4, -0.2) is 45.4 Å². The molecule has 6 nitrogen and oxygen atoms in total. The quantitative estimate of drug-likeness (QED) is 0.762. The summed E-state index contributed by atoms with van der Waals surface area (Å²) in [6.07, 6.45) is 5.42. The molecule has 1 atom stereocenters. The van der Waals surface area contributed by atoms with E-state index in [1.165, 1.54) is 6.42 Å². The Balaban J connectivity index is 1.74. The number of fused-ring (bicyclic) bond motifs is 1. The summed E-state index contributed by atoms with van der Waals surface area (Å²) in [4.78, 5) is 31.1. The summed E-state index contributed by atoms with van der Waals surface area (Å²) in [6.45, 7) is 5.81. The molecule has 1 N–H and O–H groups in total. The highest BCUT2D eigenvalue weighted by molar-refractivity contribution is 5.81. The first-order chi connectivity index (χ1) is 13.1. The van der Waals surface area contributed by atoms with Gasteiger partial charge in [-0.3, -0.25) is 9.59 Å². The second-order valence-corrected chi connectivity index (χ2v) is 7.34. The Morgan fingerprint density at radius 2 is 2.07 bits per heavy atom. The van der Waals surface area contributed by atoms with Crippen LogP contribution < -0.4 is 5.32 Å². The maximum atomic E-state index is 13.0. The number of amides is 2. The van der Waals surface area contributed by atoms with Crippen LogP contribution in [0.3, 0.4) is 0 Å². The van der Waals surface area contributed by atoms with Gasteiger partial charge in [-0.2, -0.15) is 0 Å². The summed E-state index contributed by atoms with van der Waals surface area (Å²) >= 11 is 0. The highest BCUT2D eigenvalue weighted by Gasteiger charge is 2.24. The monoisotopic (exact) mass is 370 g/mol. The van der Waals surface area contributed by atoms with Crippen LogP contribution in [0.1, 0.15) is 51.8 Å². The highest BCUT2D eigenvalue weighted by atomic mass is 16.2. The molecule has 1 saturated heterocycles. The molecule has 1 aliphatic rings. The Morgan fingerprint density at radius 1 is 1.26 bits per heavy atom. The van der Waals surface area contributed by atoms with Crippen LogP contribution in [0.4, 0.5) is 0 Å². The van der Waals surface area contributed by atoms with Crippen LogP contribution >= 0.6 is 0 Å². The molecular formula is C21H30N4O2. The maximum absolute atomic E-state index is 13.0. The van der Waals surface area contributed by atoms with Crippen molar-refractivity contribution in [2.75, 3.05) is 13.1 Å². The number of benzene rings is 1. The predicted octanol–water partition coefficient (Wildman–Crippen LogP) is 2.90. The van der Waals surface area contributed by atoms with Gasteiger partial charge in [-0.05, 0) is 44.7 Å². The fourth-order valence-electron chi connectivity index (χ4n) is 3.79. The van der Waals surface area contributed by atoms with Gasteiger partial charge in [-0.25, -0.2) is 4.98 Å². The minimum Gasteiger partial charge on any atom is -0.356 e. The molecule has 1 aromatic heterocycles. The average molecular weight is 370 g/mol. The maximum Gasteiger partial charge on any atom is 0.242 e. The first kappa shape index (κ1) is 19.4. The van der Waals surface area contributed by atoms with Gasteiger partial charge in [0, 0.05) is 32.0 Å². The van der Waals surface area contributed by atoms with Gasteiger partial charge in [0.2, 0.25) is 11.8 Å². The van der Waals surface area contributed by atoms with E-state index < -0.39 is 0 Å². The van der Waals surface area contributed by atoms with E-state index in [1.54, 1.807) is 0 Å². The van der Waals surface area contributed by atoms with Crippen LogP contribution in [0.25, 0.3) is 11.0 Å². The number of imidazole rings is 1. The van der Waals surface area contributed by atoms with Crippen LogP contribution in [0, 0.1) is 0 Å². The summed E-state index contributed by atoms with van der Waals surface area (Å²) in [7, 11) is 0. The number of aromatic nitrogens is 2. The van der Waals surface area contributed by atoms with Gasteiger partial charge in [0.15, 0.2) is 0 Å². The SMILES string of the molecule is CCC(=O)NCCCc1nc2ccccc2n1CC(=O)N1CCCCC1C. The second kappa shape index (κ2) is 9.02. The lowest BCUT2D eigenvalue weighted by Crippen LogP contribution is -2.43. The molecule has 27 heavy (non-hydrogen) atoms. The molecule has 1 aromatic carbocycles. The normalized spacial score (nSPS) is 17.3. The fraction of sp³-hybridized carbons (Fsp3) is 0.571.